The van der Waals surface area contributed by atoms with E-state index in [-0.39, 0.29) is 23.7 Å². The second-order valence-electron chi connectivity index (χ2n) is 5.85. The minimum Gasteiger partial charge on any atom is -0.469 e. The van der Waals surface area contributed by atoms with E-state index in [1.165, 1.54) is 4.90 Å². The molecule has 1 heterocycles. The second kappa shape index (κ2) is 6.08. The molecular weight excluding hydrogens is 316 g/mol. The number of benzene rings is 1. The number of nitrogens with zero attached hydrogens (tertiary/aromatic N) is 1. The average Bonchev–Trinajstić information content (AvgIpc) is 3.14. The predicted molar refractivity (Wildman–Crippen MR) is 87.7 cm³/mol. The van der Waals surface area contributed by atoms with Crippen LogP contribution in [0.4, 0.5) is 5.69 Å². The summed E-state index contributed by atoms with van der Waals surface area (Å²) in [6.45, 7) is 0. The molecule has 6 heteroatoms. The zero-order valence-corrected chi connectivity index (χ0v) is 13.6. The normalized spacial score (nSPS) is 19.3. The molecular formula is C17H17ClN2O3. The fourth-order valence-corrected chi connectivity index (χ4v) is 2.70. The number of carbonyl (C=O) groups excluding carboxylic acids is 2. The van der Waals surface area contributed by atoms with Crippen molar-refractivity contribution >= 4 is 29.1 Å². The molecule has 0 saturated heterocycles. The Labute approximate surface area is 139 Å². The van der Waals surface area contributed by atoms with Gasteiger partial charge >= 0.3 is 0 Å². The molecule has 2 atom stereocenters. The fraction of sp³-hybridized carbons (Fsp3) is 0.294. The minimum absolute atomic E-state index is 0.109. The van der Waals surface area contributed by atoms with Gasteiger partial charge in [-0.05, 0) is 36.8 Å². The van der Waals surface area contributed by atoms with E-state index in [4.69, 9.17) is 16.0 Å². The van der Waals surface area contributed by atoms with Crippen LogP contribution >= 0.6 is 11.6 Å². The highest BCUT2D eigenvalue weighted by Crippen LogP contribution is 2.48. The zero-order valence-electron chi connectivity index (χ0n) is 12.9. The van der Waals surface area contributed by atoms with Crippen LogP contribution in [0.25, 0.3) is 0 Å². The van der Waals surface area contributed by atoms with Gasteiger partial charge in [-0.25, -0.2) is 0 Å². The van der Waals surface area contributed by atoms with Crippen molar-refractivity contribution in [1.82, 2.24) is 4.90 Å². The van der Waals surface area contributed by atoms with E-state index in [9.17, 15) is 9.59 Å². The summed E-state index contributed by atoms with van der Waals surface area (Å²) in [6, 6.07) is 8.55. The third-order valence-electron chi connectivity index (χ3n) is 3.91. The minimum atomic E-state index is -0.142. The molecule has 23 heavy (non-hydrogen) atoms. The summed E-state index contributed by atoms with van der Waals surface area (Å²) < 4.78 is 5.33. The summed E-state index contributed by atoms with van der Waals surface area (Å²) >= 11 is 6.13. The van der Waals surface area contributed by atoms with Gasteiger partial charge in [0.2, 0.25) is 5.91 Å². The van der Waals surface area contributed by atoms with Crippen LogP contribution in [0.15, 0.2) is 41.0 Å². The number of halogens is 1. The SMILES string of the molecule is CN(C)C(=O)c1ccc(Cl)c(NC(=O)[C@@H]2C[C@H]2c2ccco2)c1. The van der Waals surface area contributed by atoms with Gasteiger partial charge in [-0.2, -0.15) is 0 Å². The van der Waals surface area contributed by atoms with E-state index in [0.29, 0.717) is 16.3 Å². The van der Waals surface area contributed by atoms with Crippen LogP contribution in [0.1, 0.15) is 28.5 Å². The molecule has 2 amide bonds. The van der Waals surface area contributed by atoms with Crippen molar-refractivity contribution < 1.29 is 14.0 Å². The summed E-state index contributed by atoms with van der Waals surface area (Å²) in [5, 5.41) is 3.22. The van der Waals surface area contributed by atoms with E-state index in [0.717, 1.165) is 12.2 Å². The second-order valence-corrected chi connectivity index (χ2v) is 6.25. The van der Waals surface area contributed by atoms with Crippen LogP contribution in [0, 0.1) is 5.92 Å². The summed E-state index contributed by atoms with van der Waals surface area (Å²) in [5.74, 6) is 0.577. The number of amides is 2. The molecule has 2 aromatic rings. The maximum absolute atomic E-state index is 12.3. The molecule has 120 valence electrons. The maximum atomic E-state index is 12.3. The van der Waals surface area contributed by atoms with Crippen LogP contribution in [-0.2, 0) is 4.79 Å². The quantitative estimate of drug-likeness (QED) is 0.933. The monoisotopic (exact) mass is 332 g/mol. The molecule has 0 radical (unpaired) electrons. The highest BCUT2D eigenvalue weighted by Gasteiger charge is 2.45. The lowest BCUT2D eigenvalue weighted by Gasteiger charge is -2.13. The Kier molecular flexibility index (Phi) is 4.13. The van der Waals surface area contributed by atoms with Crippen LogP contribution in [0.5, 0.6) is 0 Å². The summed E-state index contributed by atoms with van der Waals surface area (Å²) in [5.41, 5.74) is 0.933. The predicted octanol–water partition coefficient (Wildman–Crippen LogP) is 3.38. The number of carbonyl (C=O) groups is 2. The average molecular weight is 333 g/mol. The zero-order chi connectivity index (χ0) is 16.6. The van der Waals surface area contributed by atoms with Gasteiger partial charge in [-0.3, -0.25) is 9.59 Å². The first kappa shape index (κ1) is 15.6. The van der Waals surface area contributed by atoms with Gasteiger partial charge in [0.1, 0.15) is 5.76 Å². The standard InChI is InChI=1S/C17H17ClN2O3/c1-20(2)17(22)10-5-6-13(18)14(8-10)19-16(21)12-9-11(12)15-4-3-7-23-15/h3-8,11-12H,9H2,1-2H3,(H,19,21)/t11-,12-/m1/s1. The largest absolute Gasteiger partial charge is 0.469 e. The smallest absolute Gasteiger partial charge is 0.253 e. The number of hydrogen-bond acceptors (Lipinski definition) is 3. The van der Waals surface area contributed by atoms with Crippen molar-refractivity contribution in [3.05, 3.63) is 52.9 Å². The molecule has 0 aliphatic heterocycles. The number of anilines is 1. The first-order valence-electron chi connectivity index (χ1n) is 7.33. The first-order chi connectivity index (χ1) is 11.0. The molecule has 0 spiro atoms. The Bertz CT molecular complexity index is 740. The molecule has 5 nitrogen and oxygen atoms in total. The Morgan fingerprint density at radius 1 is 1.30 bits per heavy atom. The van der Waals surface area contributed by atoms with Crippen molar-refractivity contribution in [2.75, 3.05) is 19.4 Å². The van der Waals surface area contributed by atoms with Gasteiger partial charge in [0, 0.05) is 31.5 Å². The first-order valence-corrected chi connectivity index (χ1v) is 7.70. The van der Waals surface area contributed by atoms with Gasteiger partial charge in [-0.1, -0.05) is 11.6 Å². The van der Waals surface area contributed by atoms with Crippen molar-refractivity contribution in [3.8, 4) is 0 Å². The summed E-state index contributed by atoms with van der Waals surface area (Å²) in [4.78, 5) is 25.8. The van der Waals surface area contributed by atoms with Crippen LogP contribution in [0.2, 0.25) is 5.02 Å². The highest BCUT2D eigenvalue weighted by atomic mass is 35.5. The highest BCUT2D eigenvalue weighted by molar-refractivity contribution is 6.34. The van der Waals surface area contributed by atoms with Crippen LogP contribution in [0.3, 0.4) is 0 Å². The lowest BCUT2D eigenvalue weighted by molar-refractivity contribution is -0.117. The number of nitrogens with one attached hydrogen (secondary N) is 1. The van der Waals surface area contributed by atoms with Gasteiger partial charge in [0.05, 0.1) is 17.0 Å². The molecule has 1 saturated carbocycles. The Balaban J connectivity index is 1.71. The summed E-state index contributed by atoms with van der Waals surface area (Å²) in [7, 11) is 3.35. The third kappa shape index (κ3) is 3.24. The molecule has 3 rings (SSSR count). The van der Waals surface area contributed by atoms with Crippen molar-refractivity contribution in [3.63, 3.8) is 0 Å². The summed E-state index contributed by atoms with van der Waals surface area (Å²) in [6.07, 6.45) is 2.36. The topological polar surface area (TPSA) is 62.6 Å². The Hall–Kier alpha value is -2.27. The van der Waals surface area contributed by atoms with Gasteiger partial charge < -0.3 is 14.6 Å². The van der Waals surface area contributed by atoms with Gasteiger partial charge in [0.25, 0.3) is 5.91 Å². The fourth-order valence-electron chi connectivity index (χ4n) is 2.54. The van der Waals surface area contributed by atoms with Gasteiger partial charge in [0.15, 0.2) is 0 Å². The lowest BCUT2D eigenvalue weighted by atomic mass is 10.1. The van der Waals surface area contributed by atoms with E-state index in [1.54, 1.807) is 38.6 Å². The molecule has 1 aliphatic rings. The molecule has 1 N–H and O–H groups in total. The van der Waals surface area contributed by atoms with Crippen LogP contribution < -0.4 is 5.32 Å². The van der Waals surface area contributed by atoms with Crippen molar-refractivity contribution in [1.29, 1.82) is 0 Å². The van der Waals surface area contributed by atoms with E-state index < -0.39 is 0 Å². The van der Waals surface area contributed by atoms with Crippen LogP contribution in [-0.4, -0.2) is 30.8 Å². The van der Waals surface area contributed by atoms with E-state index >= 15 is 0 Å². The third-order valence-corrected chi connectivity index (χ3v) is 4.24. The lowest BCUT2D eigenvalue weighted by Crippen LogP contribution is -2.22. The number of furan rings is 1. The molecule has 1 aromatic carbocycles. The Morgan fingerprint density at radius 2 is 2.09 bits per heavy atom. The Morgan fingerprint density at radius 3 is 2.74 bits per heavy atom. The maximum Gasteiger partial charge on any atom is 0.253 e. The molecule has 1 aliphatic carbocycles. The van der Waals surface area contributed by atoms with E-state index in [1.807, 2.05) is 12.1 Å². The molecule has 1 aromatic heterocycles. The molecule has 0 bridgehead atoms. The van der Waals surface area contributed by atoms with Crippen molar-refractivity contribution in [2.45, 2.75) is 12.3 Å². The van der Waals surface area contributed by atoms with Gasteiger partial charge in [-0.15, -0.1) is 0 Å². The van der Waals surface area contributed by atoms with Crippen molar-refractivity contribution in [2.24, 2.45) is 5.92 Å². The number of hydrogen-bond donors (Lipinski definition) is 1. The molecule has 0 unspecified atom stereocenters. The number of rotatable bonds is 4. The molecule has 1 fully saturated rings. The van der Waals surface area contributed by atoms with E-state index in [2.05, 4.69) is 5.32 Å².